The summed E-state index contributed by atoms with van der Waals surface area (Å²) in [6.45, 7) is 5.36. The lowest BCUT2D eigenvalue weighted by Crippen LogP contribution is -2.30. The first-order chi connectivity index (χ1) is 11.7. The van der Waals surface area contributed by atoms with Gasteiger partial charge in [-0.1, -0.05) is 18.2 Å². The lowest BCUT2D eigenvalue weighted by atomic mass is 10.1. The van der Waals surface area contributed by atoms with E-state index in [9.17, 15) is 13.2 Å². The summed E-state index contributed by atoms with van der Waals surface area (Å²) in [7, 11) is -2.40. The fraction of sp³-hybridized carbons (Fsp3) is 0.278. The van der Waals surface area contributed by atoms with Gasteiger partial charge in [-0.3, -0.25) is 9.52 Å². The number of carbonyl (C=O) groups is 1. The van der Waals surface area contributed by atoms with Crippen LogP contribution in [-0.2, 0) is 10.0 Å². The summed E-state index contributed by atoms with van der Waals surface area (Å²) in [5.74, 6) is 0.0983. The molecule has 2 aromatic carbocycles. The molecule has 7 heteroatoms. The molecule has 0 unspecified atom stereocenters. The van der Waals surface area contributed by atoms with Crippen molar-refractivity contribution in [3.63, 3.8) is 0 Å². The summed E-state index contributed by atoms with van der Waals surface area (Å²) >= 11 is 0. The Morgan fingerprint density at radius 3 is 2.44 bits per heavy atom. The highest BCUT2D eigenvalue weighted by Gasteiger charge is 2.21. The highest BCUT2D eigenvalue weighted by atomic mass is 32.2. The summed E-state index contributed by atoms with van der Waals surface area (Å²) in [6.07, 6.45) is 0. The lowest BCUT2D eigenvalue weighted by molar-refractivity contribution is 0.0943. The Morgan fingerprint density at radius 1 is 1.12 bits per heavy atom. The third-order valence-electron chi connectivity index (χ3n) is 3.51. The highest BCUT2D eigenvalue weighted by Crippen LogP contribution is 2.27. The van der Waals surface area contributed by atoms with Gasteiger partial charge in [0.05, 0.1) is 17.7 Å². The first kappa shape index (κ1) is 18.8. The van der Waals surface area contributed by atoms with Gasteiger partial charge < -0.3 is 10.1 Å². The average molecular weight is 362 g/mol. The van der Waals surface area contributed by atoms with Gasteiger partial charge >= 0.3 is 0 Å². The zero-order valence-corrected chi connectivity index (χ0v) is 15.5. The number of hydrogen-bond donors (Lipinski definition) is 2. The summed E-state index contributed by atoms with van der Waals surface area (Å²) in [5.41, 5.74) is 1.17. The van der Waals surface area contributed by atoms with Crippen LogP contribution in [0.3, 0.4) is 0 Å². The third-order valence-corrected chi connectivity index (χ3v) is 5.02. The molecule has 0 radical (unpaired) electrons. The second-order valence-corrected chi connectivity index (χ2v) is 7.57. The molecule has 2 N–H and O–H groups in total. The maximum absolute atomic E-state index is 12.8. The molecule has 0 fully saturated rings. The second-order valence-electron chi connectivity index (χ2n) is 5.91. The van der Waals surface area contributed by atoms with Crippen molar-refractivity contribution >= 4 is 21.6 Å². The number of ether oxygens (including phenoxy) is 1. The fourth-order valence-corrected chi connectivity index (χ4v) is 3.65. The van der Waals surface area contributed by atoms with E-state index in [1.54, 1.807) is 43.3 Å². The van der Waals surface area contributed by atoms with Crippen LogP contribution >= 0.6 is 0 Å². The van der Waals surface area contributed by atoms with Crippen LogP contribution in [0.5, 0.6) is 5.75 Å². The zero-order chi connectivity index (χ0) is 18.6. The minimum Gasteiger partial charge on any atom is -0.495 e. The number of nitrogens with one attached hydrogen (secondary N) is 2. The van der Waals surface area contributed by atoms with Crippen molar-refractivity contribution in [2.45, 2.75) is 31.7 Å². The molecule has 0 aromatic heterocycles. The van der Waals surface area contributed by atoms with Crippen LogP contribution in [-0.4, -0.2) is 27.5 Å². The van der Waals surface area contributed by atoms with Gasteiger partial charge in [0.1, 0.15) is 5.75 Å². The number of sulfonamides is 1. The first-order valence-corrected chi connectivity index (χ1v) is 9.30. The van der Waals surface area contributed by atoms with Crippen LogP contribution in [0.4, 0.5) is 5.69 Å². The van der Waals surface area contributed by atoms with Crippen molar-refractivity contribution in [1.82, 2.24) is 5.32 Å². The van der Waals surface area contributed by atoms with Crippen molar-refractivity contribution in [2.24, 2.45) is 0 Å². The molecule has 0 aliphatic carbocycles. The van der Waals surface area contributed by atoms with E-state index in [2.05, 4.69) is 10.0 Å². The molecular weight excluding hydrogens is 340 g/mol. The molecule has 2 rings (SSSR count). The standard InChI is InChI=1S/C18H22N2O4S/c1-12(2)19-18(21)14-10-9-13(3)17(11-14)25(22,23)20-15-7-5-6-8-16(15)24-4/h5-12,20H,1-4H3,(H,19,21). The van der Waals surface area contributed by atoms with E-state index < -0.39 is 10.0 Å². The van der Waals surface area contributed by atoms with Gasteiger partial charge in [-0.05, 0) is 50.6 Å². The summed E-state index contributed by atoms with van der Waals surface area (Å²) in [5, 5.41) is 2.75. The van der Waals surface area contributed by atoms with Gasteiger partial charge in [-0.25, -0.2) is 8.42 Å². The fourth-order valence-electron chi connectivity index (χ4n) is 2.31. The van der Waals surface area contributed by atoms with E-state index in [-0.39, 0.29) is 16.8 Å². The van der Waals surface area contributed by atoms with E-state index in [0.717, 1.165) is 0 Å². The molecule has 0 saturated heterocycles. The molecule has 25 heavy (non-hydrogen) atoms. The maximum atomic E-state index is 12.8. The molecular formula is C18H22N2O4S. The molecule has 0 atom stereocenters. The molecule has 134 valence electrons. The Labute approximate surface area is 148 Å². The monoisotopic (exact) mass is 362 g/mol. The van der Waals surface area contributed by atoms with Gasteiger partial charge in [0, 0.05) is 11.6 Å². The Morgan fingerprint density at radius 2 is 1.80 bits per heavy atom. The van der Waals surface area contributed by atoms with Crippen molar-refractivity contribution in [3.05, 3.63) is 53.6 Å². The Bertz CT molecular complexity index is 876. The van der Waals surface area contributed by atoms with E-state index in [1.165, 1.54) is 13.2 Å². The van der Waals surface area contributed by atoms with Crippen molar-refractivity contribution in [1.29, 1.82) is 0 Å². The number of benzene rings is 2. The number of carbonyl (C=O) groups excluding carboxylic acids is 1. The van der Waals surface area contributed by atoms with Crippen molar-refractivity contribution in [3.8, 4) is 5.75 Å². The number of para-hydroxylation sites is 2. The Balaban J connectivity index is 2.40. The predicted octanol–water partition coefficient (Wildman–Crippen LogP) is 2.94. The average Bonchev–Trinajstić information content (AvgIpc) is 2.54. The van der Waals surface area contributed by atoms with Gasteiger partial charge in [-0.2, -0.15) is 0 Å². The largest absolute Gasteiger partial charge is 0.495 e. The normalized spacial score (nSPS) is 11.2. The van der Waals surface area contributed by atoms with Crippen LogP contribution in [0.15, 0.2) is 47.4 Å². The van der Waals surface area contributed by atoms with Gasteiger partial charge in [0.25, 0.3) is 15.9 Å². The molecule has 0 heterocycles. The molecule has 0 spiro atoms. The summed E-state index contributed by atoms with van der Waals surface area (Å²) < 4.78 is 33.3. The van der Waals surface area contributed by atoms with Crippen LogP contribution in [0.2, 0.25) is 0 Å². The highest BCUT2D eigenvalue weighted by molar-refractivity contribution is 7.92. The molecule has 0 bridgehead atoms. The van der Waals surface area contributed by atoms with Gasteiger partial charge in [0.2, 0.25) is 0 Å². The molecule has 6 nitrogen and oxygen atoms in total. The van der Waals surface area contributed by atoms with Crippen molar-refractivity contribution in [2.75, 3.05) is 11.8 Å². The summed E-state index contributed by atoms with van der Waals surface area (Å²) in [6, 6.07) is 11.3. The quantitative estimate of drug-likeness (QED) is 0.827. The number of amides is 1. The van der Waals surface area contributed by atoms with Crippen LogP contribution in [0.1, 0.15) is 29.8 Å². The molecule has 0 saturated carbocycles. The maximum Gasteiger partial charge on any atom is 0.262 e. The summed E-state index contributed by atoms with van der Waals surface area (Å²) in [4.78, 5) is 12.2. The van der Waals surface area contributed by atoms with Crippen LogP contribution in [0.25, 0.3) is 0 Å². The SMILES string of the molecule is COc1ccccc1NS(=O)(=O)c1cc(C(=O)NC(C)C)ccc1C. The van der Waals surface area contributed by atoms with Crippen LogP contribution in [0, 0.1) is 6.92 Å². The number of aryl methyl sites for hydroxylation is 1. The molecule has 0 aliphatic heterocycles. The van der Waals surface area contributed by atoms with E-state index in [1.807, 2.05) is 13.8 Å². The van der Waals surface area contributed by atoms with E-state index in [0.29, 0.717) is 22.6 Å². The topological polar surface area (TPSA) is 84.5 Å². The second kappa shape index (κ2) is 7.57. The van der Waals surface area contributed by atoms with E-state index in [4.69, 9.17) is 4.74 Å². The first-order valence-electron chi connectivity index (χ1n) is 7.82. The number of rotatable bonds is 6. The predicted molar refractivity (Wildman–Crippen MR) is 97.6 cm³/mol. The number of hydrogen-bond acceptors (Lipinski definition) is 4. The number of anilines is 1. The Hall–Kier alpha value is -2.54. The minimum absolute atomic E-state index is 0.0411. The lowest BCUT2D eigenvalue weighted by Gasteiger charge is -2.14. The molecule has 1 amide bonds. The van der Waals surface area contributed by atoms with Gasteiger partial charge in [0.15, 0.2) is 0 Å². The zero-order valence-electron chi connectivity index (χ0n) is 14.7. The molecule has 0 aliphatic rings. The van der Waals surface area contributed by atoms with E-state index >= 15 is 0 Å². The van der Waals surface area contributed by atoms with Crippen molar-refractivity contribution < 1.29 is 17.9 Å². The minimum atomic E-state index is -3.87. The Kier molecular flexibility index (Phi) is 5.69. The molecule has 2 aromatic rings. The van der Waals surface area contributed by atoms with Crippen LogP contribution < -0.4 is 14.8 Å². The third kappa shape index (κ3) is 4.51. The number of methoxy groups -OCH3 is 1. The van der Waals surface area contributed by atoms with Gasteiger partial charge in [-0.15, -0.1) is 0 Å². The smallest absolute Gasteiger partial charge is 0.262 e.